The lowest BCUT2D eigenvalue weighted by Gasteiger charge is -2.31. The molecule has 0 aliphatic carbocycles. The van der Waals surface area contributed by atoms with Crippen LogP contribution in [0, 0.1) is 6.92 Å². The second-order valence-electron chi connectivity index (χ2n) is 6.26. The van der Waals surface area contributed by atoms with Crippen LogP contribution in [-0.4, -0.2) is 50.1 Å². The number of piperazine rings is 1. The molecule has 0 radical (unpaired) electrons. The monoisotopic (exact) mass is 343 g/mol. The summed E-state index contributed by atoms with van der Waals surface area (Å²) in [6.07, 6.45) is 0. The van der Waals surface area contributed by atoms with E-state index in [0.717, 1.165) is 24.4 Å². The SMILES string of the molecule is COC(=O)c1cc(C[NH+]2CCN(C(=O)c3ccccc3)CC2)oc1C. The molecule has 6 nitrogen and oxygen atoms in total. The number of hydrogen-bond donors (Lipinski definition) is 1. The minimum atomic E-state index is -0.374. The third-order valence-electron chi connectivity index (χ3n) is 4.58. The molecule has 0 unspecified atom stereocenters. The summed E-state index contributed by atoms with van der Waals surface area (Å²) in [5.74, 6) is 1.07. The molecule has 1 aliphatic rings. The van der Waals surface area contributed by atoms with Crippen molar-refractivity contribution in [2.24, 2.45) is 0 Å². The summed E-state index contributed by atoms with van der Waals surface area (Å²) < 4.78 is 10.4. The van der Waals surface area contributed by atoms with E-state index in [1.54, 1.807) is 13.0 Å². The number of ether oxygens (including phenoxy) is 1. The van der Waals surface area contributed by atoms with Crippen molar-refractivity contribution in [1.82, 2.24) is 4.90 Å². The van der Waals surface area contributed by atoms with Gasteiger partial charge in [-0.15, -0.1) is 0 Å². The summed E-state index contributed by atoms with van der Waals surface area (Å²) in [5, 5.41) is 0. The molecule has 2 heterocycles. The van der Waals surface area contributed by atoms with Gasteiger partial charge in [0, 0.05) is 11.6 Å². The number of quaternary nitrogens is 1. The Morgan fingerprint density at radius 1 is 1.20 bits per heavy atom. The van der Waals surface area contributed by atoms with E-state index in [0.29, 0.717) is 31.0 Å². The van der Waals surface area contributed by atoms with Gasteiger partial charge in [-0.3, -0.25) is 4.79 Å². The number of aryl methyl sites for hydroxylation is 1. The van der Waals surface area contributed by atoms with Crippen molar-refractivity contribution < 1.29 is 23.6 Å². The number of esters is 1. The molecule has 1 N–H and O–H groups in total. The lowest BCUT2D eigenvalue weighted by atomic mass is 10.2. The molecular formula is C19H23N2O4+. The average molecular weight is 343 g/mol. The Labute approximate surface area is 147 Å². The molecule has 25 heavy (non-hydrogen) atoms. The lowest BCUT2D eigenvalue weighted by Crippen LogP contribution is -3.13. The third kappa shape index (κ3) is 3.91. The highest BCUT2D eigenvalue weighted by Crippen LogP contribution is 2.15. The van der Waals surface area contributed by atoms with Crippen molar-refractivity contribution in [3.63, 3.8) is 0 Å². The maximum absolute atomic E-state index is 12.5. The van der Waals surface area contributed by atoms with Crippen molar-refractivity contribution in [3.05, 3.63) is 59.0 Å². The van der Waals surface area contributed by atoms with Gasteiger partial charge in [0.1, 0.15) is 17.9 Å². The highest BCUT2D eigenvalue weighted by atomic mass is 16.5. The first-order chi connectivity index (χ1) is 12.1. The zero-order valence-electron chi connectivity index (χ0n) is 14.6. The van der Waals surface area contributed by atoms with E-state index in [9.17, 15) is 9.59 Å². The molecule has 3 rings (SSSR count). The molecule has 6 heteroatoms. The van der Waals surface area contributed by atoms with Gasteiger partial charge >= 0.3 is 5.97 Å². The van der Waals surface area contributed by atoms with Gasteiger partial charge in [-0.2, -0.15) is 0 Å². The van der Waals surface area contributed by atoms with E-state index in [2.05, 4.69) is 0 Å². The number of rotatable bonds is 4. The van der Waals surface area contributed by atoms with Crippen LogP contribution in [0.25, 0.3) is 0 Å². The Morgan fingerprint density at radius 2 is 1.88 bits per heavy atom. The first kappa shape index (κ1) is 17.2. The van der Waals surface area contributed by atoms with Crippen molar-refractivity contribution >= 4 is 11.9 Å². The average Bonchev–Trinajstić information content (AvgIpc) is 3.02. The van der Waals surface area contributed by atoms with Gasteiger partial charge in [-0.05, 0) is 19.1 Å². The van der Waals surface area contributed by atoms with Crippen LogP contribution in [0.5, 0.6) is 0 Å². The van der Waals surface area contributed by atoms with Gasteiger partial charge in [-0.25, -0.2) is 4.79 Å². The van der Waals surface area contributed by atoms with Crippen molar-refractivity contribution in [2.75, 3.05) is 33.3 Å². The van der Waals surface area contributed by atoms with Gasteiger partial charge in [0.05, 0.1) is 33.3 Å². The Bertz CT molecular complexity index is 746. The molecule has 132 valence electrons. The summed E-state index contributed by atoms with van der Waals surface area (Å²) in [6.45, 7) is 5.60. The Balaban J connectivity index is 1.56. The second-order valence-corrected chi connectivity index (χ2v) is 6.26. The van der Waals surface area contributed by atoms with E-state index in [-0.39, 0.29) is 11.9 Å². The number of carbonyl (C=O) groups is 2. The van der Waals surface area contributed by atoms with Crippen LogP contribution in [-0.2, 0) is 11.3 Å². The first-order valence-electron chi connectivity index (χ1n) is 8.44. The Morgan fingerprint density at radius 3 is 2.52 bits per heavy atom. The Hall–Kier alpha value is -2.60. The summed E-state index contributed by atoms with van der Waals surface area (Å²) in [5.41, 5.74) is 1.21. The zero-order valence-corrected chi connectivity index (χ0v) is 14.6. The van der Waals surface area contributed by atoms with Crippen LogP contribution in [0.4, 0.5) is 0 Å². The lowest BCUT2D eigenvalue weighted by molar-refractivity contribution is -0.918. The summed E-state index contributed by atoms with van der Waals surface area (Å²) in [7, 11) is 1.36. The van der Waals surface area contributed by atoms with Crippen LogP contribution in [0.2, 0.25) is 0 Å². The molecular weight excluding hydrogens is 320 g/mol. The smallest absolute Gasteiger partial charge is 0.341 e. The molecule has 1 saturated heterocycles. The fourth-order valence-electron chi connectivity index (χ4n) is 3.16. The van der Waals surface area contributed by atoms with Crippen molar-refractivity contribution in [2.45, 2.75) is 13.5 Å². The fourth-order valence-corrected chi connectivity index (χ4v) is 3.16. The number of hydrogen-bond acceptors (Lipinski definition) is 4. The van der Waals surface area contributed by atoms with E-state index < -0.39 is 0 Å². The predicted molar refractivity (Wildman–Crippen MR) is 91.5 cm³/mol. The molecule has 1 aromatic carbocycles. The maximum Gasteiger partial charge on any atom is 0.341 e. The molecule has 1 aliphatic heterocycles. The number of amides is 1. The zero-order chi connectivity index (χ0) is 17.8. The normalized spacial score (nSPS) is 15.2. The van der Waals surface area contributed by atoms with Crippen LogP contribution in [0.1, 0.15) is 32.2 Å². The maximum atomic E-state index is 12.5. The second kappa shape index (κ2) is 7.53. The number of carbonyl (C=O) groups excluding carboxylic acids is 2. The van der Waals surface area contributed by atoms with E-state index in [4.69, 9.17) is 9.15 Å². The van der Waals surface area contributed by atoms with Crippen LogP contribution in [0.15, 0.2) is 40.8 Å². The molecule has 1 aromatic heterocycles. The standard InChI is InChI=1S/C19H22N2O4/c1-14-17(19(23)24-2)12-16(25-14)13-20-8-10-21(11-9-20)18(22)15-6-4-3-5-7-15/h3-7,12H,8-11,13H2,1-2H3/p+1. The summed E-state index contributed by atoms with van der Waals surface area (Å²) >= 11 is 0. The Kier molecular flexibility index (Phi) is 5.19. The quantitative estimate of drug-likeness (QED) is 0.839. The van der Waals surface area contributed by atoms with Crippen molar-refractivity contribution in [1.29, 1.82) is 0 Å². The van der Waals surface area contributed by atoms with Crippen LogP contribution < -0.4 is 4.90 Å². The largest absolute Gasteiger partial charge is 0.465 e. The number of nitrogens with one attached hydrogen (secondary N) is 1. The third-order valence-corrected chi connectivity index (χ3v) is 4.58. The minimum Gasteiger partial charge on any atom is -0.465 e. The van der Waals surface area contributed by atoms with E-state index in [1.807, 2.05) is 35.2 Å². The van der Waals surface area contributed by atoms with Gasteiger partial charge in [-0.1, -0.05) is 18.2 Å². The number of methoxy groups -OCH3 is 1. The van der Waals surface area contributed by atoms with E-state index in [1.165, 1.54) is 12.0 Å². The molecule has 1 amide bonds. The van der Waals surface area contributed by atoms with Crippen LogP contribution in [0.3, 0.4) is 0 Å². The molecule has 1 fully saturated rings. The highest BCUT2D eigenvalue weighted by Gasteiger charge is 2.26. The molecule has 0 spiro atoms. The first-order valence-corrected chi connectivity index (χ1v) is 8.44. The van der Waals surface area contributed by atoms with Crippen LogP contribution >= 0.6 is 0 Å². The van der Waals surface area contributed by atoms with E-state index >= 15 is 0 Å². The number of furan rings is 1. The molecule has 0 bridgehead atoms. The number of nitrogens with zero attached hydrogens (tertiary/aromatic N) is 1. The van der Waals surface area contributed by atoms with Gasteiger partial charge in [0.15, 0.2) is 5.76 Å². The topological polar surface area (TPSA) is 64.2 Å². The molecule has 2 aromatic rings. The number of benzene rings is 1. The van der Waals surface area contributed by atoms with Gasteiger partial charge in [0.25, 0.3) is 5.91 Å². The minimum absolute atomic E-state index is 0.0847. The van der Waals surface area contributed by atoms with Gasteiger partial charge < -0.3 is 19.0 Å². The summed E-state index contributed by atoms with van der Waals surface area (Å²) in [4.78, 5) is 27.4. The van der Waals surface area contributed by atoms with Gasteiger partial charge in [0.2, 0.25) is 0 Å². The van der Waals surface area contributed by atoms with Crippen molar-refractivity contribution in [3.8, 4) is 0 Å². The molecule has 0 saturated carbocycles. The summed E-state index contributed by atoms with van der Waals surface area (Å²) in [6, 6.07) is 11.1. The fraction of sp³-hybridized carbons (Fsp3) is 0.368. The highest BCUT2D eigenvalue weighted by molar-refractivity contribution is 5.94. The predicted octanol–water partition coefficient (Wildman–Crippen LogP) is 0.916. The molecule has 0 atom stereocenters.